The summed E-state index contributed by atoms with van der Waals surface area (Å²) in [5.74, 6) is 0.601. The van der Waals surface area contributed by atoms with Crippen LogP contribution in [0.5, 0.6) is 5.75 Å². The first-order valence-corrected chi connectivity index (χ1v) is 5.16. The van der Waals surface area contributed by atoms with Crippen LogP contribution in [0.15, 0.2) is 18.3 Å². The van der Waals surface area contributed by atoms with E-state index in [1.165, 1.54) is 0 Å². The molecule has 1 aromatic heterocycles. The van der Waals surface area contributed by atoms with Crippen LogP contribution in [0.2, 0.25) is 0 Å². The first-order valence-electron chi connectivity index (χ1n) is 5.16. The third-order valence-corrected chi connectivity index (χ3v) is 2.16. The summed E-state index contributed by atoms with van der Waals surface area (Å²) in [6.07, 6.45) is 0.962. The molecule has 90 valence electrons. The number of hydrogen-bond acceptors (Lipinski definition) is 5. The topological polar surface area (TPSA) is 63.6 Å². The maximum atomic E-state index is 9.89. The van der Waals surface area contributed by atoms with Gasteiger partial charge in [0.15, 0.2) is 0 Å². The molecule has 16 heavy (non-hydrogen) atoms. The Morgan fingerprint density at radius 1 is 1.50 bits per heavy atom. The minimum absolute atomic E-state index is 0.427. The average Bonchev–Trinajstić information content (AvgIpc) is 2.34. The molecule has 0 aliphatic rings. The van der Waals surface area contributed by atoms with E-state index < -0.39 is 6.10 Å². The van der Waals surface area contributed by atoms with Gasteiger partial charge in [-0.2, -0.15) is 0 Å². The second kappa shape index (κ2) is 7.16. The Morgan fingerprint density at radius 2 is 2.31 bits per heavy atom. The number of methoxy groups -OCH3 is 2. The molecule has 1 aromatic rings. The number of hydrogen-bond donors (Lipinski definition) is 2. The maximum Gasteiger partial charge on any atom is 0.143 e. The number of aromatic nitrogens is 1. The van der Waals surface area contributed by atoms with E-state index in [4.69, 9.17) is 9.47 Å². The van der Waals surface area contributed by atoms with Crippen LogP contribution >= 0.6 is 0 Å². The van der Waals surface area contributed by atoms with Crippen LogP contribution in [-0.2, 0) is 4.74 Å². The number of aliphatic hydroxyl groups is 1. The summed E-state index contributed by atoms with van der Waals surface area (Å²) in [6.45, 7) is 1.74. The van der Waals surface area contributed by atoms with Crippen molar-refractivity contribution >= 4 is 0 Å². The van der Waals surface area contributed by atoms with Gasteiger partial charge in [0.05, 0.1) is 13.7 Å². The van der Waals surface area contributed by atoms with Crippen LogP contribution in [0, 0.1) is 0 Å². The molecular formula is C11H18N2O3. The lowest BCUT2D eigenvalue weighted by atomic mass is 10.2. The van der Waals surface area contributed by atoms with Crippen molar-refractivity contribution in [2.24, 2.45) is 0 Å². The average molecular weight is 226 g/mol. The lowest BCUT2D eigenvalue weighted by molar-refractivity contribution is 0.155. The Kier molecular flexibility index (Phi) is 5.77. The fraction of sp³-hybridized carbons (Fsp3) is 0.545. The molecule has 1 unspecified atom stereocenters. The van der Waals surface area contributed by atoms with E-state index >= 15 is 0 Å². The molecule has 0 spiro atoms. The zero-order valence-electron chi connectivity index (χ0n) is 9.64. The Labute approximate surface area is 95.4 Å². The van der Waals surface area contributed by atoms with Crippen LogP contribution in [-0.4, -0.2) is 44.0 Å². The Balaban J connectivity index is 2.48. The van der Waals surface area contributed by atoms with Gasteiger partial charge in [0.2, 0.25) is 0 Å². The molecule has 0 radical (unpaired) electrons. The summed E-state index contributed by atoms with van der Waals surface area (Å²) in [5, 5.41) is 13.0. The molecule has 0 fully saturated rings. The molecule has 1 heterocycles. The highest BCUT2D eigenvalue weighted by Crippen LogP contribution is 2.21. The fourth-order valence-corrected chi connectivity index (χ4v) is 1.34. The number of rotatable bonds is 7. The molecule has 0 saturated carbocycles. The van der Waals surface area contributed by atoms with E-state index in [9.17, 15) is 5.11 Å². The van der Waals surface area contributed by atoms with Gasteiger partial charge in [-0.15, -0.1) is 0 Å². The third kappa shape index (κ3) is 3.77. The molecule has 1 atom stereocenters. The minimum atomic E-state index is -0.673. The smallest absolute Gasteiger partial charge is 0.143 e. The number of ether oxygens (including phenoxy) is 2. The van der Waals surface area contributed by atoms with E-state index in [-0.39, 0.29) is 0 Å². The lowest BCUT2D eigenvalue weighted by Crippen LogP contribution is -2.25. The number of pyridine rings is 1. The quantitative estimate of drug-likeness (QED) is 0.657. The van der Waals surface area contributed by atoms with Crippen molar-refractivity contribution in [1.29, 1.82) is 0 Å². The normalized spacial score (nSPS) is 12.4. The molecule has 0 bridgehead atoms. The van der Waals surface area contributed by atoms with Crippen molar-refractivity contribution in [2.45, 2.75) is 6.10 Å². The minimum Gasteiger partial charge on any atom is -0.495 e. The predicted octanol–water partition coefficient (Wildman–Crippen LogP) is 0.360. The highest BCUT2D eigenvalue weighted by atomic mass is 16.5. The molecule has 2 N–H and O–H groups in total. The summed E-state index contributed by atoms with van der Waals surface area (Å²) in [6, 6.07) is 3.55. The van der Waals surface area contributed by atoms with Crippen LogP contribution in [0.3, 0.4) is 0 Å². The van der Waals surface area contributed by atoms with E-state index in [1.807, 2.05) is 0 Å². The summed E-state index contributed by atoms with van der Waals surface area (Å²) < 4.78 is 10.0. The molecule has 0 amide bonds. The first-order chi connectivity index (χ1) is 7.79. The largest absolute Gasteiger partial charge is 0.495 e. The van der Waals surface area contributed by atoms with Crippen molar-refractivity contribution in [1.82, 2.24) is 10.3 Å². The van der Waals surface area contributed by atoms with Crippen molar-refractivity contribution < 1.29 is 14.6 Å². The SMILES string of the molecule is COCCNCC(O)c1ncccc1OC. The van der Waals surface area contributed by atoms with Crippen LogP contribution in [0.25, 0.3) is 0 Å². The molecule has 1 rings (SSSR count). The molecule has 0 aliphatic heterocycles. The first kappa shape index (κ1) is 12.9. The Morgan fingerprint density at radius 3 is 3.00 bits per heavy atom. The summed E-state index contributed by atoms with van der Waals surface area (Å²) in [7, 11) is 3.20. The van der Waals surface area contributed by atoms with Gasteiger partial charge in [-0.1, -0.05) is 0 Å². The standard InChI is InChI=1S/C11H18N2O3/c1-15-7-6-12-8-9(14)11-10(16-2)4-3-5-13-11/h3-5,9,12,14H,6-8H2,1-2H3. The highest BCUT2D eigenvalue weighted by molar-refractivity contribution is 5.28. The summed E-state index contributed by atoms with van der Waals surface area (Å²) in [5.41, 5.74) is 0.551. The van der Waals surface area contributed by atoms with Gasteiger partial charge in [0, 0.05) is 26.4 Å². The monoisotopic (exact) mass is 226 g/mol. The van der Waals surface area contributed by atoms with Gasteiger partial charge in [-0.25, -0.2) is 0 Å². The second-order valence-electron chi connectivity index (χ2n) is 3.30. The van der Waals surface area contributed by atoms with E-state index in [2.05, 4.69) is 10.3 Å². The predicted molar refractivity (Wildman–Crippen MR) is 60.5 cm³/mol. The van der Waals surface area contributed by atoms with Gasteiger partial charge in [0.25, 0.3) is 0 Å². The third-order valence-electron chi connectivity index (χ3n) is 2.16. The highest BCUT2D eigenvalue weighted by Gasteiger charge is 2.13. The number of nitrogens with zero attached hydrogens (tertiary/aromatic N) is 1. The van der Waals surface area contributed by atoms with Crippen LogP contribution in [0.4, 0.5) is 0 Å². The molecule has 5 heteroatoms. The van der Waals surface area contributed by atoms with Gasteiger partial charge >= 0.3 is 0 Å². The zero-order valence-corrected chi connectivity index (χ0v) is 9.64. The van der Waals surface area contributed by atoms with Gasteiger partial charge < -0.3 is 19.9 Å². The second-order valence-corrected chi connectivity index (χ2v) is 3.30. The van der Waals surface area contributed by atoms with E-state index in [0.29, 0.717) is 31.1 Å². The van der Waals surface area contributed by atoms with Crippen LogP contribution in [0.1, 0.15) is 11.8 Å². The molecule has 5 nitrogen and oxygen atoms in total. The van der Waals surface area contributed by atoms with Crippen molar-refractivity contribution in [3.63, 3.8) is 0 Å². The van der Waals surface area contributed by atoms with Crippen molar-refractivity contribution in [3.05, 3.63) is 24.0 Å². The molecule has 0 aromatic carbocycles. The van der Waals surface area contributed by atoms with Gasteiger partial charge in [0.1, 0.15) is 17.5 Å². The molecule has 0 saturated heterocycles. The lowest BCUT2D eigenvalue weighted by Gasteiger charge is -2.13. The Bertz CT molecular complexity index is 307. The van der Waals surface area contributed by atoms with E-state index in [0.717, 1.165) is 0 Å². The van der Waals surface area contributed by atoms with Crippen molar-refractivity contribution in [3.8, 4) is 5.75 Å². The zero-order chi connectivity index (χ0) is 11.8. The summed E-state index contributed by atoms with van der Waals surface area (Å²) >= 11 is 0. The number of aliphatic hydroxyl groups excluding tert-OH is 1. The van der Waals surface area contributed by atoms with Gasteiger partial charge in [-0.3, -0.25) is 4.98 Å². The number of nitrogens with one attached hydrogen (secondary N) is 1. The Hall–Kier alpha value is -1.17. The molecule has 0 aliphatic carbocycles. The summed E-state index contributed by atoms with van der Waals surface area (Å²) in [4.78, 5) is 4.10. The molecular weight excluding hydrogens is 208 g/mol. The van der Waals surface area contributed by atoms with E-state index in [1.54, 1.807) is 32.5 Å². The van der Waals surface area contributed by atoms with Crippen molar-refractivity contribution in [2.75, 3.05) is 33.9 Å². The maximum absolute atomic E-state index is 9.89. The fourth-order valence-electron chi connectivity index (χ4n) is 1.34. The van der Waals surface area contributed by atoms with Crippen LogP contribution < -0.4 is 10.1 Å². The van der Waals surface area contributed by atoms with Gasteiger partial charge in [-0.05, 0) is 12.1 Å².